The summed E-state index contributed by atoms with van der Waals surface area (Å²) in [6.07, 6.45) is 5.28. The van der Waals surface area contributed by atoms with E-state index in [1.165, 1.54) is 38.8 Å². The minimum absolute atomic E-state index is 0.117. The molecule has 0 aromatic carbocycles. The molecule has 0 aliphatic carbocycles. The number of rotatable bonds is 2. The molecule has 2 nitrogen and oxygen atoms in total. The zero-order valence-corrected chi connectivity index (χ0v) is 10.5. The monoisotopic (exact) mass is 211 g/mol. The maximum atomic E-state index is 5.77. The number of hydrogen-bond acceptors (Lipinski definition) is 2. The van der Waals surface area contributed by atoms with Gasteiger partial charge in [0.25, 0.3) is 0 Å². The van der Waals surface area contributed by atoms with Crippen LogP contribution in [0.3, 0.4) is 0 Å². The third-order valence-corrected chi connectivity index (χ3v) is 3.98. The fraction of sp³-hybridized carbons (Fsp3) is 1.00. The van der Waals surface area contributed by atoms with Crippen LogP contribution in [0.2, 0.25) is 0 Å². The third kappa shape index (κ3) is 2.94. The molecular weight excluding hydrogens is 186 g/mol. The van der Waals surface area contributed by atoms with Gasteiger partial charge in [-0.3, -0.25) is 0 Å². The second kappa shape index (κ2) is 4.42. The Labute approximate surface area is 94.0 Å². The molecule has 2 heteroatoms. The molecular formula is C13H25NO. The minimum Gasteiger partial charge on any atom is -0.376 e. The zero-order chi connectivity index (χ0) is 10.9. The molecule has 2 rings (SSSR count). The molecule has 0 spiro atoms. The Morgan fingerprint density at radius 1 is 1.33 bits per heavy atom. The van der Waals surface area contributed by atoms with E-state index in [9.17, 15) is 0 Å². The molecule has 2 fully saturated rings. The van der Waals surface area contributed by atoms with Gasteiger partial charge in [0.2, 0.25) is 0 Å². The summed E-state index contributed by atoms with van der Waals surface area (Å²) in [6, 6.07) is 0.816. The van der Waals surface area contributed by atoms with E-state index in [1.807, 2.05) is 0 Å². The molecule has 2 heterocycles. The molecule has 0 saturated carbocycles. The van der Waals surface area contributed by atoms with Gasteiger partial charge in [-0.1, -0.05) is 0 Å². The summed E-state index contributed by atoms with van der Waals surface area (Å²) in [5, 5.41) is 0. The van der Waals surface area contributed by atoms with Crippen LogP contribution < -0.4 is 0 Å². The van der Waals surface area contributed by atoms with Crippen LogP contribution in [0.4, 0.5) is 0 Å². The van der Waals surface area contributed by atoms with Gasteiger partial charge in [-0.15, -0.1) is 0 Å². The van der Waals surface area contributed by atoms with Crippen molar-refractivity contribution in [2.24, 2.45) is 5.92 Å². The smallest absolute Gasteiger partial charge is 0.0629 e. The first-order valence-corrected chi connectivity index (χ1v) is 6.45. The van der Waals surface area contributed by atoms with Gasteiger partial charge in [-0.05, 0) is 58.9 Å². The Balaban J connectivity index is 1.83. The molecule has 0 amide bonds. The first-order chi connectivity index (χ1) is 7.07. The van der Waals surface area contributed by atoms with Crippen LogP contribution in [0.1, 0.15) is 46.5 Å². The molecule has 0 bridgehead atoms. The van der Waals surface area contributed by atoms with Gasteiger partial charge in [0.15, 0.2) is 0 Å². The summed E-state index contributed by atoms with van der Waals surface area (Å²) in [7, 11) is 0. The van der Waals surface area contributed by atoms with Gasteiger partial charge in [0.05, 0.1) is 5.60 Å². The van der Waals surface area contributed by atoms with Crippen molar-refractivity contribution in [3.63, 3.8) is 0 Å². The highest BCUT2D eigenvalue weighted by molar-refractivity contribution is 4.83. The van der Waals surface area contributed by atoms with Crippen LogP contribution in [-0.2, 0) is 4.74 Å². The van der Waals surface area contributed by atoms with Crippen molar-refractivity contribution < 1.29 is 4.74 Å². The minimum atomic E-state index is 0.117. The molecule has 0 aromatic rings. The van der Waals surface area contributed by atoms with Crippen LogP contribution in [-0.4, -0.2) is 36.2 Å². The van der Waals surface area contributed by atoms with Crippen LogP contribution in [0.15, 0.2) is 0 Å². The standard InChI is InChI=1S/C13H25NO/c1-11-5-4-7-14(11)10-12-6-8-15-13(2,3)9-12/h11-12H,4-10H2,1-3H3. The van der Waals surface area contributed by atoms with Crippen molar-refractivity contribution in [2.45, 2.75) is 58.1 Å². The van der Waals surface area contributed by atoms with Gasteiger partial charge in [-0.25, -0.2) is 0 Å². The number of ether oxygens (including phenoxy) is 1. The van der Waals surface area contributed by atoms with E-state index in [1.54, 1.807) is 0 Å². The predicted molar refractivity (Wildman–Crippen MR) is 63.0 cm³/mol. The fourth-order valence-corrected chi connectivity index (χ4v) is 3.11. The quantitative estimate of drug-likeness (QED) is 0.696. The maximum Gasteiger partial charge on any atom is 0.0629 e. The molecule has 88 valence electrons. The second-order valence-electron chi connectivity index (χ2n) is 5.95. The predicted octanol–water partition coefficient (Wildman–Crippen LogP) is 2.68. The summed E-state index contributed by atoms with van der Waals surface area (Å²) in [6.45, 7) is 10.4. The van der Waals surface area contributed by atoms with Gasteiger partial charge < -0.3 is 9.64 Å². The zero-order valence-electron chi connectivity index (χ0n) is 10.5. The average Bonchev–Trinajstić information content (AvgIpc) is 2.50. The van der Waals surface area contributed by atoms with Crippen molar-refractivity contribution in [3.8, 4) is 0 Å². The van der Waals surface area contributed by atoms with Crippen molar-refractivity contribution in [2.75, 3.05) is 19.7 Å². The highest BCUT2D eigenvalue weighted by atomic mass is 16.5. The van der Waals surface area contributed by atoms with Crippen LogP contribution >= 0.6 is 0 Å². The van der Waals surface area contributed by atoms with Gasteiger partial charge in [0, 0.05) is 19.2 Å². The average molecular weight is 211 g/mol. The SMILES string of the molecule is CC1CCCN1CC1CCOC(C)(C)C1. The summed E-state index contributed by atoms with van der Waals surface area (Å²) in [4.78, 5) is 2.67. The lowest BCUT2D eigenvalue weighted by molar-refractivity contribution is -0.0770. The number of hydrogen-bond donors (Lipinski definition) is 0. The number of nitrogens with zero attached hydrogens (tertiary/aromatic N) is 1. The molecule has 2 unspecified atom stereocenters. The van der Waals surface area contributed by atoms with Crippen molar-refractivity contribution >= 4 is 0 Å². The van der Waals surface area contributed by atoms with Crippen LogP contribution in [0, 0.1) is 5.92 Å². The normalized spacial score (nSPS) is 37.0. The molecule has 2 aliphatic heterocycles. The Kier molecular flexibility index (Phi) is 3.36. The van der Waals surface area contributed by atoms with Gasteiger partial charge in [-0.2, -0.15) is 0 Å². The van der Waals surface area contributed by atoms with E-state index in [0.29, 0.717) is 0 Å². The summed E-state index contributed by atoms with van der Waals surface area (Å²) in [5.74, 6) is 0.856. The third-order valence-electron chi connectivity index (χ3n) is 3.98. The largest absolute Gasteiger partial charge is 0.376 e. The van der Waals surface area contributed by atoms with E-state index < -0.39 is 0 Å². The Morgan fingerprint density at radius 3 is 2.73 bits per heavy atom. The second-order valence-corrected chi connectivity index (χ2v) is 5.95. The topological polar surface area (TPSA) is 12.5 Å². The Morgan fingerprint density at radius 2 is 2.13 bits per heavy atom. The Bertz CT molecular complexity index is 215. The first kappa shape index (κ1) is 11.4. The van der Waals surface area contributed by atoms with E-state index in [4.69, 9.17) is 4.74 Å². The lowest BCUT2D eigenvalue weighted by atomic mass is 9.88. The van der Waals surface area contributed by atoms with Crippen molar-refractivity contribution in [3.05, 3.63) is 0 Å². The lowest BCUT2D eigenvalue weighted by Crippen LogP contribution is -2.40. The van der Waals surface area contributed by atoms with E-state index in [2.05, 4.69) is 25.7 Å². The lowest BCUT2D eigenvalue weighted by Gasteiger charge is -2.38. The van der Waals surface area contributed by atoms with Gasteiger partial charge in [0.1, 0.15) is 0 Å². The van der Waals surface area contributed by atoms with E-state index >= 15 is 0 Å². The number of likely N-dealkylation sites (tertiary alicyclic amines) is 1. The molecule has 0 radical (unpaired) electrons. The molecule has 15 heavy (non-hydrogen) atoms. The molecule has 2 aliphatic rings. The highest BCUT2D eigenvalue weighted by Gasteiger charge is 2.31. The van der Waals surface area contributed by atoms with Crippen molar-refractivity contribution in [1.82, 2.24) is 4.90 Å². The molecule has 0 N–H and O–H groups in total. The van der Waals surface area contributed by atoms with E-state index in [-0.39, 0.29) is 5.60 Å². The highest BCUT2D eigenvalue weighted by Crippen LogP contribution is 2.30. The maximum absolute atomic E-state index is 5.77. The van der Waals surface area contributed by atoms with Crippen LogP contribution in [0.5, 0.6) is 0 Å². The summed E-state index contributed by atoms with van der Waals surface area (Å²) >= 11 is 0. The van der Waals surface area contributed by atoms with Crippen LogP contribution in [0.25, 0.3) is 0 Å². The first-order valence-electron chi connectivity index (χ1n) is 6.45. The Hall–Kier alpha value is -0.0800. The van der Waals surface area contributed by atoms with Crippen molar-refractivity contribution in [1.29, 1.82) is 0 Å². The molecule has 2 atom stereocenters. The fourth-order valence-electron chi connectivity index (χ4n) is 3.11. The summed E-state index contributed by atoms with van der Waals surface area (Å²) < 4.78 is 5.77. The molecule has 2 saturated heterocycles. The summed E-state index contributed by atoms with van der Waals surface area (Å²) in [5.41, 5.74) is 0.117. The molecule has 0 aromatic heterocycles. The van der Waals surface area contributed by atoms with Gasteiger partial charge >= 0.3 is 0 Å². The van der Waals surface area contributed by atoms with E-state index in [0.717, 1.165) is 18.6 Å².